The minimum absolute atomic E-state index is 0.295. The van der Waals surface area contributed by atoms with Gasteiger partial charge in [0.2, 0.25) is 0 Å². The Kier molecular flexibility index (Phi) is 4.68. The Labute approximate surface area is 146 Å². The Hall–Kier alpha value is -1.86. The molecular formula is C16H15BrN2O3S. The summed E-state index contributed by atoms with van der Waals surface area (Å²) in [7, 11) is 1.53. The van der Waals surface area contributed by atoms with Crippen molar-refractivity contribution in [2.24, 2.45) is 0 Å². The van der Waals surface area contributed by atoms with Crippen LogP contribution in [0.1, 0.15) is 36.9 Å². The van der Waals surface area contributed by atoms with E-state index < -0.39 is 5.91 Å². The van der Waals surface area contributed by atoms with Gasteiger partial charge in [-0.1, -0.05) is 0 Å². The van der Waals surface area contributed by atoms with E-state index in [0.717, 1.165) is 19.3 Å². The Morgan fingerprint density at radius 2 is 1.96 bits per heavy atom. The van der Waals surface area contributed by atoms with Crippen LogP contribution in [0.4, 0.5) is 0 Å². The van der Waals surface area contributed by atoms with E-state index in [1.54, 1.807) is 18.2 Å². The summed E-state index contributed by atoms with van der Waals surface area (Å²) in [6.07, 6.45) is 3.22. The molecule has 0 spiro atoms. The molecule has 7 heteroatoms. The number of halogens is 1. The Balaban J connectivity index is 1.65. The molecule has 3 rings (SSSR count). The fraction of sp³-hybridized carbons (Fsp3) is 0.250. The van der Waals surface area contributed by atoms with E-state index in [-0.39, 0.29) is 5.91 Å². The minimum Gasteiger partial charge on any atom is -0.497 e. The third kappa shape index (κ3) is 3.40. The lowest BCUT2D eigenvalue weighted by Gasteiger charge is -2.09. The largest absolute Gasteiger partial charge is 0.497 e. The summed E-state index contributed by atoms with van der Waals surface area (Å²) in [5.74, 6) is -0.135. The molecule has 120 valence electrons. The SMILES string of the molecule is COc1ccc(Br)c(C(=O)NNC(=O)c2cc3c(s2)CCC3)c1. The zero-order chi connectivity index (χ0) is 16.4. The van der Waals surface area contributed by atoms with Crippen molar-refractivity contribution in [1.82, 2.24) is 10.9 Å². The highest BCUT2D eigenvalue weighted by Gasteiger charge is 2.19. The highest BCUT2D eigenvalue weighted by molar-refractivity contribution is 9.10. The molecule has 0 atom stereocenters. The molecule has 2 amide bonds. The number of hydrazine groups is 1. The van der Waals surface area contributed by atoms with E-state index in [4.69, 9.17) is 4.74 Å². The zero-order valence-electron chi connectivity index (χ0n) is 12.4. The van der Waals surface area contributed by atoms with Gasteiger partial charge in [-0.3, -0.25) is 20.4 Å². The molecule has 1 aliphatic rings. The topological polar surface area (TPSA) is 67.4 Å². The fourth-order valence-corrected chi connectivity index (χ4v) is 4.06. The van der Waals surface area contributed by atoms with Gasteiger partial charge in [-0.2, -0.15) is 0 Å². The van der Waals surface area contributed by atoms with Crippen LogP contribution >= 0.6 is 27.3 Å². The Bertz CT molecular complexity index is 751. The molecule has 2 N–H and O–H groups in total. The summed E-state index contributed by atoms with van der Waals surface area (Å²) in [5.41, 5.74) is 6.54. The molecule has 5 nitrogen and oxygen atoms in total. The minimum atomic E-state index is -0.409. The molecule has 0 saturated carbocycles. The van der Waals surface area contributed by atoms with Crippen molar-refractivity contribution in [2.75, 3.05) is 7.11 Å². The number of carbonyl (C=O) groups is 2. The van der Waals surface area contributed by atoms with Gasteiger partial charge in [0, 0.05) is 9.35 Å². The van der Waals surface area contributed by atoms with Crippen molar-refractivity contribution >= 4 is 39.1 Å². The van der Waals surface area contributed by atoms with Crippen LogP contribution in [0, 0.1) is 0 Å². The standard InChI is InChI=1S/C16H15BrN2O3S/c1-22-10-5-6-12(17)11(8-10)15(20)18-19-16(21)14-7-9-3-2-4-13(9)23-14/h5-8H,2-4H2,1H3,(H,18,20)(H,19,21). The molecule has 0 fully saturated rings. The number of rotatable bonds is 3. The smallest absolute Gasteiger partial charge is 0.279 e. The first-order valence-electron chi connectivity index (χ1n) is 7.14. The first-order valence-corrected chi connectivity index (χ1v) is 8.75. The molecule has 0 bridgehead atoms. The predicted molar refractivity (Wildman–Crippen MR) is 92.0 cm³/mol. The maximum absolute atomic E-state index is 12.2. The third-order valence-corrected chi connectivity index (χ3v) is 5.61. The number of fused-ring (bicyclic) bond motifs is 1. The zero-order valence-corrected chi connectivity index (χ0v) is 14.8. The number of carbonyl (C=O) groups excluding carboxylic acids is 2. The molecule has 23 heavy (non-hydrogen) atoms. The van der Waals surface area contributed by atoms with Gasteiger partial charge in [-0.15, -0.1) is 11.3 Å². The van der Waals surface area contributed by atoms with Crippen molar-refractivity contribution < 1.29 is 14.3 Å². The maximum Gasteiger partial charge on any atom is 0.279 e. The van der Waals surface area contributed by atoms with Crippen LogP contribution in [0.3, 0.4) is 0 Å². The van der Waals surface area contributed by atoms with Crippen LogP contribution in [-0.2, 0) is 12.8 Å². The molecular weight excluding hydrogens is 380 g/mol. The van der Waals surface area contributed by atoms with Gasteiger partial charge >= 0.3 is 0 Å². The number of nitrogens with one attached hydrogen (secondary N) is 2. The fourth-order valence-electron chi connectivity index (χ4n) is 2.49. The van der Waals surface area contributed by atoms with Gasteiger partial charge in [0.25, 0.3) is 11.8 Å². The summed E-state index contributed by atoms with van der Waals surface area (Å²) in [6, 6.07) is 6.98. The Morgan fingerprint density at radius 3 is 2.70 bits per heavy atom. The van der Waals surface area contributed by atoms with Gasteiger partial charge in [0.05, 0.1) is 17.6 Å². The number of hydrogen-bond donors (Lipinski definition) is 2. The van der Waals surface area contributed by atoms with Crippen molar-refractivity contribution in [3.8, 4) is 5.75 Å². The van der Waals surface area contributed by atoms with Crippen molar-refractivity contribution in [3.05, 3.63) is 49.6 Å². The summed E-state index contributed by atoms with van der Waals surface area (Å²) in [5, 5.41) is 0. The second kappa shape index (κ2) is 6.72. The summed E-state index contributed by atoms with van der Waals surface area (Å²) >= 11 is 4.81. The highest BCUT2D eigenvalue weighted by atomic mass is 79.9. The molecule has 1 aromatic heterocycles. The average molecular weight is 395 g/mol. The summed E-state index contributed by atoms with van der Waals surface area (Å²) in [4.78, 5) is 26.2. The van der Waals surface area contributed by atoms with E-state index in [1.165, 1.54) is 28.9 Å². The highest BCUT2D eigenvalue weighted by Crippen LogP contribution is 2.30. The molecule has 2 aromatic rings. The number of hydrogen-bond acceptors (Lipinski definition) is 4. The van der Waals surface area contributed by atoms with Crippen LogP contribution in [-0.4, -0.2) is 18.9 Å². The first-order chi connectivity index (χ1) is 11.1. The van der Waals surface area contributed by atoms with Crippen LogP contribution in [0.5, 0.6) is 5.75 Å². The van der Waals surface area contributed by atoms with Crippen molar-refractivity contribution in [3.63, 3.8) is 0 Å². The number of benzene rings is 1. The Morgan fingerprint density at radius 1 is 1.17 bits per heavy atom. The van der Waals surface area contributed by atoms with E-state index in [1.807, 2.05) is 6.07 Å². The van der Waals surface area contributed by atoms with Gasteiger partial charge in [-0.25, -0.2) is 0 Å². The summed E-state index contributed by atoms with van der Waals surface area (Å²) in [6.45, 7) is 0. The van der Waals surface area contributed by atoms with E-state index in [0.29, 0.717) is 20.7 Å². The predicted octanol–water partition coefficient (Wildman–Crippen LogP) is 3.08. The summed E-state index contributed by atoms with van der Waals surface area (Å²) < 4.78 is 5.73. The lowest BCUT2D eigenvalue weighted by atomic mass is 10.2. The normalized spacial score (nSPS) is 12.6. The lowest BCUT2D eigenvalue weighted by Crippen LogP contribution is -2.41. The van der Waals surface area contributed by atoms with Gasteiger partial charge < -0.3 is 4.74 Å². The van der Waals surface area contributed by atoms with Crippen molar-refractivity contribution in [1.29, 1.82) is 0 Å². The molecule has 0 unspecified atom stereocenters. The molecule has 0 radical (unpaired) electrons. The molecule has 1 aromatic carbocycles. The lowest BCUT2D eigenvalue weighted by molar-refractivity contribution is 0.0848. The van der Waals surface area contributed by atoms with Gasteiger partial charge in [0.1, 0.15) is 5.75 Å². The molecule has 1 heterocycles. The molecule has 0 aliphatic heterocycles. The molecule has 0 saturated heterocycles. The van der Waals surface area contributed by atoms with Crippen molar-refractivity contribution in [2.45, 2.75) is 19.3 Å². The monoisotopic (exact) mass is 394 g/mol. The second-order valence-corrected chi connectivity index (χ2v) is 7.16. The van der Waals surface area contributed by atoms with Gasteiger partial charge in [0.15, 0.2) is 0 Å². The maximum atomic E-state index is 12.2. The van der Waals surface area contributed by atoms with Crippen LogP contribution < -0.4 is 15.6 Å². The number of amides is 2. The van der Waals surface area contributed by atoms with Crippen LogP contribution in [0.2, 0.25) is 0 Å². The van der Waals surface area contributed by atoms with E-state index in [2.05, 4.69) is 26.8 Å². The van der Waals surface area contributed by atoms with E-state index >= 15 is 0 Å². The second-order valence-electron chi connectivity index (χ2n) is 5.17. The number of thiophene rings is 1. The third-order valence-electron chi connectivity index (χ3n) is 3.68. The quantitative estimate of drug-likeness (QED) is 0.785. The van der Waals surface area contributed by atoms with Gasteiger partial charge in [-0.05, 0) is 65.0 Å². The number of ether oxygens (including phenoxy) is 1. The molecule has 1 aliphatic carbocycles. The van der Waals surface area contributed by atoms with Crippen LogP contribution in [0.15, 0.2) is 28.7 Å². The van der Waals surface area contributed by atoms with Crippen LogP contribution in [0.25, 0.3) is 0 Å². The first kappa shape index (κ1) is 16.0. The number of methoxy groups -OCH3 is 1. The van der Waals surface area contributed by atoms with E-state index in [9.17, 15) is 9.59 Å². The number of aryl methyl sites for hydroxylation is 2. The average Bonchev–Trinajstić information content (AvgIpc) is 3.14.